The second-order valence-corrected chi connectivity index (χ2v) is 16.9. The molecule has 1 aliphatic rings. The Morgan fingerprint density at radius 2 is 1.29 bits per heavy atom. The summed E-state index contributed by atoms with van der Waals surface area (Å²) in [6.45, 7) is 18.9. The fourth-order valence-electron chi connectivity index (χ4n) is 7.55. The van der Waals surface area contributed by atoms with Crippen molar-refractivity contribution in [2.45, 2.75) is 66.2 Å². The molecule has 55 heavy (non-hydrogen) atoms. The van der Waals surface area contributed by atoms with Gasteiger partial charge in [0, 0.05) is 55.8 Å². The number of hydrogen-bond acceptors (Lipinski definition) is 3. The first-order chi connectivity index (χ1) is 25.3. The second-order valence-electron chi connectivity index (χ2n) is 16.9. The Kier molecular flexibility index (Phi) is 10.8. The van der Waals surface area contributed by atoms with Gasteiger partial charge in [-0.2, -0.15) is 47.5 Å². The van der Waals surface area contributed by atoms with Crippen LogP contribution in [0.25, 0.3) is 38.8 Å². The Labute approximate surface area is 342 Å². The van der Waals surface area contributed by atoms with Crippen LogP contribution in [-0.4, -0.2) is 16.2 Å². The summed E-state index contributed by atoms with van der Waals surface area (Å²) >= 11 is 0. The molecule has 3 heterocycles. The van der Waals surface area contributed by atoms with Crippen LogP contribution in [0.2, 0.25) is 0 Å². The van der Waals surface area contributed by atoms with E-state index in [9.17, 15) is 0 Å². The van der Waals surface area contributed by atoms with Crippen LogP contribution in [0.1, 0.15) is 72.1 Å². The van der Waals surface area contributed by atoms with E-state index in [4.69, 9.17) is 4.98 Å². The number of rotatable bonds is 6. The molecule has 5 heteroatoms. The predicted octanol–water partition coefficient (Wildman–Crippen LogP) is 12.7. The van der Waals surface area contributed by atoms with Crippen molar-refractivity contribution in [3.8, 4) is 16.9 Å². The first kappa shape index (κ1) is 39.8. The molecule has 0 fully saturated rings. The summed E-state index contributed by atoms with van der Waals surface area (Å²) in [4.78, 5) is 9.66. The number of aromatic nitrogens is 2. The van der Waals surface area contributed by atoms with E-state index in [1.807, 2.05) is 6.20 Å². The molecule has 0 unspecified atom stereocenters. The Bertz CT molecular complexity index is 2480. The molecule has 0 spiro atoms. The van der Waals surface area contributed by atoms with Gasteiger partial charge in [0.15, 0.2) is 0 Å². The van der Waals surface area contributed by atoms with Crippen LogP contribution >= 0.6 is 0 Å². The number of para-hydroxylation sites is 1. The maximum atomic E-state index is 4.89. The van der Waals surface area contributed by atoms with Crippen LogP contribution in [0.3, 0.4) is 0 Å². The van der Waals surface area contributed by atoms with Crippen LogP contribution < -0.4 is 9.80 Å². The van der Waals surface area contributed by atoms with E-state index in [1.165, 1.54) is 38.8 Å². The fourth-order valence-corrected chi connectivity index (χ4v) is 7.55. The minimum atomic E-state index is -0.366. The smallest absolute Gasteiger partial charge is 0.135 e. The van der Waals surface area contributed by atoms with Gasteiger partial charge in [-0.05, 0) is 63.2 Å². The van der Waals surface area contributed by atoms with Gasteiger partial charge in [-0.3, -0.25) is 0 Å². The number of hydrogen-bond donors (Lipinski definition) is 0. The van der Waals surface area contributed by atoms with Gasteiger partial charge in [0.25, 0.3) is 0 Å². The third kappa shape index (κ3) is 7.42. The van der Waals surface area contributed by atoms with E-state index >= 15 is 0 Å². The Hall–Kier alpha value is -4.92. The van der Waals surface area contributed by atoms with Crippen LogP contribution in [0.15, 0.2) is 139 Å². The van der Waals surface area contributed by atoms with Crippen LogP contribution in [0.5, 0.6) is 0 Å². The summed E-state index contributed by atoms with van der Waals surface area (Å²) in [6, 6.07) is 51.3. The van der Waals surface area contributed by atoms with Gasteiger partial charge < -0.3 is 21.8 Å². The summed E-state index contributed by atoms with van der Waals surface area (Å²) in [6.07, 6.45) is 4.24. The minimum absolute atomic E-state index is 0. The molecule has 0 aliphatic carbocycles. The standard InChI is InChI=1S/C49H48N4.CH3.Pt/c1-47(2,3)36-27-28-50-46(31-36)53-43-20-13-12-19-41(43)42-26-23-38(30-44(42)53)49(7,8)37-17-14-18-40(29-37)51-32-45(48(4,5)6)52(33-51)39-24-21-35(22-25-39)34-15-10-9-11-16-34;;/h9-28,31-32H,33H2,1-8H3;1H3;/q-2;-1;. The minimum Gasteiger partial charge on any atom is -0.358 e. The molecular weight excluding hydrogens is 852 g/mol. The molecule has 2 aromatic heterocycles. The third-order valence-electron chi connectivity index (χ3n) is 10.8. The van der Waals surface area contributed by atoms with Crippen molar-refractivity contribution in [2.24, 2.45) is 5.41 Å². The van der Waals surface area contributed by atoms with E-state index in [0.717, 1.165) is 40.3 Å². The SMILES string of the molecule is CC(C)(C)C1=CN(c2[c-]c(C(C)(C)c3[c-]c4c(cc3)c3ccccc3n4-c3cc(C(C)(C)C)ccn3)ccc2)CN1c1ccc(-c2ccccc2)cc1.[CH3-].[Pt]. The molecule has 8 rings (SSSR count). The molecule has 0 radical (unpaired) electrons. The molecular formula is C50H51N4Pt-3. The Morgan fingerprint density at radius 1 is 0.618 bits per heavy atom. The van der Waals surface area contributed by atoms with E-state index in [-0.39, 0.29) is 44.7 Å². The molecule has 1 aliphatic heterocycles. The summed E-state index contributed by atoms with van der Waals surface area (Å²) in [5, 5.41) is 2.38. The number of benzene rings is 5. The maximum Gasteiger partial charge on any atom is 0.135 e. The van der Waals surface area contributed by atoms with Gasteiger partial charge >= 0.3 is 0 Å². The molecule has 5 aromatic carbocycles. The number of fused-ring (bicyclic) bond motifs is 3. The van der Waals surface area contributed by atoms with Crippen molar-refractivity contribution >= 4 is 33.2 Å². The monoisotopic (exact) mass is 902 g/mol. The van der Waals surface area contributed by atoms with Crippen LogP contribution in [0.4, 0.5) is 11.4 Å². The summed E-state index contributed by atoms with van der Waals surface area (Å²) < 4.78 is 2.28. The summed E-state index contributed by atoms with van der Waals surface area (Å²) in [7, 11) is 0. The van der Waals surface area contributed by atoms with E-state index < -0.39 is 0 Å². The Balaban J connectivity index is 0.00000257. The van der Waals surface area contributed by atoms with E-state index in [0.29, 0.717) is 0 Å². The van der Waals surface area contributed by atoms with Crippen molar-refractivity contribution in [2.75, 3.05) is 16.5 Å². The molecule has 0 saturated heterocycles. The number of pyridine rings is 1. The fraction of sp³-hybridized carbons (Fsp3) is 0.240. The van der Waals surface area contributed by atoms with Gasteiger partial charge in [0.2, 0.25) is 0 Å². The zero-order chi connectivity index (χ0) is 37.1. The molecule has 7 aromatic rings. The zero-order valence-electron chi connectivity index (χ0n) is 33.5. The van der Waals surface area contributed by atoms with Crippen molar-refractivity contribution in [3.05, 3.63) is 176 Å². The quantitative estimate of drug-likeness (QED) is 0.155. The van der Waals surface area contributed by atoms with E-state index in [2.05, 4.69) is 209 Å². The molecule has 0 N–H and O–H groups in total. The summed E-state index contributed by atoms with van der Waals surface area (Å²) in [5.74, 6) is 0.915. The van der Waals surface area contributed by atoms with Gasteiger partial charge in [0.1, 0.15) is 5.82 Å². The predicted molar refractivity (Wildman–Crippen MR) is 229 cm³/mol. The van der Waals surface area contributed by atoms with Crippen molar-refractivity contribution in [3.63, 3.8) is 0 Å². The molecule has 0 amide bonds. The Morgan fingerprint density at radius 3 is 2.00 bits per heavy atom. The normalized spacial score (nSPS) is 13.5. The molecule has 0 atom stereocenters. The molecule has 284 valence electrons. The van der Waals surface area contributed by atoms with Gasteiger partial charge in [-0.25, -0.2) is 4.98 Å². The number of allylic oxidation sites excluding steroid dienone is 1. The maximum absolute atomic E-state index is 4.89. The van der Waals surface area contributed by atoms with Crippen molar-refractivity contribution in [1.29, 1.82) is 0 Å². The van der Waals surface area contributed by atoms with Gasteiger partial charge in [-0.1, -0.05) is 127 Å². The topological polar surface area (TPSA) is 24.3 Å². The largest absolute Gasteiger partial charge is 0.358 e. The average molecular weight is 903 g/mol. The zero-order valence-corrected chi connectivity index (χ0v) is 35.8. The average Bonchev–Trinajstić information content (AvgIpc) is 3.76. The van der Waals surface area contributed by atoms with Crippen molar-refractivity contribution in [1.82, 2.24) is 9.55 Å². The number of nitrogens with zero attached hydrogens (tertiary/aromatic N) is 4. The van der Waals surface area contributed by atoms with Crippen LogP contribution in [-0.2, 0) is 31.9 Å². The van der Waals surface area contributed by atoms with Crippen LogP contribution in [0, 0.1) is 25.0 Å². The van der Waals surface area contributed by atoms with Crippen molar-refractivity contribution < 1.29 is 21.1 Å². The number of anilines is 2. The molecule has 4 nitrogen and oxygen atoms in total. The van der Waals surface area contributed by atoms with E-state index in [1.54, 1.807) is 0 Å². The first-order valence-electron chi connectivity index (χ1n) is 18.7. The third-order valence-corrected chi connectivity index (χ3v) is 10.8. The summed E-state index contributed by atoms with van der Waals surface area (Å²) in [5.41, 5.74) is 11.2. The van der Waals surface area contributed by atoms with Gasteiger partial charge in [-0.15, -0.1) is 11.5 Å². The first-order valence-corrected chi connectivity index (χ1v) is 18.7. The molecule has 0 bridgehead atoms. The van der Waals surface area contributed by atoms with Gasteiger partial charge in [0.05, 0.1) is 6.67 Å². The second kappa shape index (κ2) is 15.0. The molecule has 0 saturated carbocycles.